The highest BCUT2D eigenvalue weighted by molar-refractivity contribution is 7.26. The van der Waals surface area contributed by atoms with Gasteiger partial charge in [0.15, 0.2) is 17.5 Å². The normalized spacial score (nSPS) is 11.9. The second-order valence-electron chi connectivity index (χ2n) is 12.8. The van der Waals surface area contributed by atoms with Crippen LogP contribution in [0.1, 0.15) is 0 Å². The molecule has 11 rings (SSSR count). The molecule has 6 heteroatoms. The molecular formula is C45H25N3OS2. The number of thiophene rings is 2. The Balaban J connectivity index is 1.04. The molecule has 0 atom stereocenters. The molecule has 0 radical (unpaired) electrons. The zero-order valence-electron chi connectivity index (χ0n) is 27.0. The second-order valence-corrected chi connectivity index (χ2v) is 14.9. The van der Waals surface area contributed by atoms with Gasteiger partial charge in [0, 0.05) is 67.8 Å². The van der Waals surface area contributed by atoms with Crippen molar-refractivity contribution in [1.82, 2.24) is 15.0 Å². The van der Waals surface area contributed by atoms with Gasteiger partial charge in [-0.3, -0.25) is 0 Å². The lowest BCUT2D eigenvalue weighted by molar-refractivity contribution is 0.669. The van der Waals surface area contributed by atoms with E-state index in [1.807, 2.05) is 41.7 Å². The summed E-state index contributed by atoms with van der Waals surface area (Å²) in [5, 5.41) is 7.26. The predicted octanol–water partition coefficient (Wildman–Crippen LogP) is 13.2. The number of hydrogen-bond donors (Lipinski definition) is 0. The average molecular weight is 688 g/mol. The molecule has 0 aliphatic heterocycles. The van der Waals surface area contributed by atoms with Gasteiger partial charge in [-0.25, -0.2) is 15.0 Å². The van der Waals surface area contributed by atoms with E-state index in [1.165, 1.54) is 45.9 Å². The van der Waals surface area contributed by atoms with Crippen LogP contribution in [0.25, 0.3) is 108 Å². The molecule has 0 saturated carbocycles. The minimum absolute atomic E-state index is 0.606. The number of aromatic nitrogens is 3. The Bertz CT molecular complexity index is 3160. The van der Waals surface area contributed by atoms with Crippen LogP contribution in [-0.4, -0.2) is 15.0 Å². The van der Waals surface area contributed by atoms with Crippen molar-refractivity contribution in [2.24, 2.45) is 0 Å². The molecule has 0 saturated heterocycles. The van der Waals surface area contributed by atoms with E-state index in [1.54, 1.807) is 11.3 Å². The first kappa shape index (κ1) is 28.6. The Morgan fingerprint density at radius 1 is 0.353 bits per heavy atom. The predicted molar refractivity (Wildman–Crippen MR) is 215 cm³/mol. The number of furan rings is 1. The largest absolute Gasteiger partial charge is 0.456 e. The second kappa shape index (κ2) is 11.2. The summed E-state index contributed by atoms with van der Waals surface area (Å²) >= 11 is 3.64. The highest BCUT2D eigenvalue weighted by atomic mass is 32.1. The SMILES string of the molecule is c1ccc(-c2nc(-c3ccc4c(c3)oc3cc(-c5cccc6c5sc5ccccc56)ccc34)nc(-c3ccc4c(c3)sc3ccccc34)n2)cc1. The zero-order chi connectivity index (χ0) is 33.5. The summed E-state index contributed by atoms with van der Waals surface area (Å²) in [6, 6.07) is 53.2. The van der Waals surface area contributed by atoms with Crippen molar-refractivity contribution in [3.8, 4) is 45.3 Å². The molecule has 11 aromatic rings. The molecule has 0 spiro atoms. The van der Waals surface area contributed by atoms with E-state index in [0.29, 0.717) is 17.5 Å². The van der Waals surface area contributed by atoms with Crippen molar-refractivity contribution in [1.29, 1.82) is 0 Å². The molecule has 4 nitrogen and oxygen atoms in total. The van der Waals surface area contributed by atoms with Gasteiger partial charge >= 0.3 is 0 Å². The smallest absolute Gasteiger partial charge is 0.164 e. The van der Waals surface area contributed by atoms with Crippen LogP contribution in [0.3, 0.4) is 0 Å². The van der Waals surface area contributed by atoms with Gasteiger partial charge in [-0.05, 0) is 53.6 Å². The topological polar surface area (TPSA) is 51.8 Å². The van der Waals surface area contributed by atoms with Crippen molar-refractivity contribution in [3.05, 3.63) is 152 Å². The zero-order valence-corrected chi connectivity index (χ0v) is 28.6. The van der Waals surface area contributed by atoms with E-state index in [4.69, 9.17) is 19.4 Å². The summed E-state index contributed by atoms with van der Waals surface area (Å²) in [4.78, 5) is 15.1. The van der Waals surface area contributed by atoms with Gasteiger partial charge in [0.25, 0.3) is 0 Å². The molecule has 4 heterocycles. The van der Waals surface area contributed by atoms with Gasteiger partial charge in [0.1, 0.15) is 11.2 Å². The first-order valence-electron chi connectivity index (χ1n) is 16.8. The van der Waals surface area contributed by atoms with E-state index >= 15 is 0 Å². The first-order valence-corrected chi connectivity index (χ1v) is 18.5. The average Bonchev–Trinajstić information content (AvgIpc) is 3.88. The molecular weight excluding hydrogens is 663 g/mol. The highest BCUT2D eigenvalue weighted by Gasteiger charge is 2.17. The van der Waals surface area contributed by atoms with E-state index in [2.05, 4.69) is 121 Å². The molecule has 4 aromatic heterocycles. The monoisotopic (exact) mass is 687 g/mol. The van der Waals surface area contributed by atoms with E-state index in [9.17, 15) is 0 Å². The molecule has 0 aliphatic carbocycles. The van der Waals surface area contributed by atoms with E-state index < -0.39 is 0 Å². The molecule has 0 bridgehead atoms. The molecule has 0 fully saturated rings. The molecule has 51 heavy (non-hydrogen) atoms. The Morgan fingerprint density at radius 3 is 1.63 bits per heavy atom. The third-order valence-electron chi connectivity index (χ3n) is 9.75. The van der Waals surface area contributed by atoms with Gasteiger partial charge in [-0.15, -0.1) is 22.7 Å². The molecule has 7 aromatic carbocycles. The lowest BCUT2D eigenvalue weighted by Crippen LogP contribution is -2.00. The maximum atomic E-state index is 6.59. The van der Waals surface area contributed by atoms with Crippen LogP contribution in [0.4, 0.5) is 0 Å². The van der Waals surface area contributed by atoms with E-state index in [0.717, 1.165) is 44.2 Å². The van der Waals surface area contributed by atoms with Gasteiger partial charge in [0.05, 0.1) is 0 Å². The maximum absolute atomic E-state index is 6.59. The van der Waals surface area contributed by atoms with Crippen LogP contribution in [0.15, 0.2) is 156 Å². The Morgan fingerprint density at radius 2 is 0.882 bits per heavy atom. The van der Waals surface area contributed by atoms with Crippen molar-refractivity contribution >= 4 is 85.0 Å². The van der Waals surface area contributed by atoms with Gasteiger partial charge in [0.2, 0.25) is 0 Å². The van der Waals surface area contributed by atoms with Gasteiger partial charge in [-0.1, -0.05) is 109 Å². The quantitative estimate of drug-likeness (QED) is 0.185. The fourth-order valence-electron chi connectivity index (χ4n) is 7.27. The molecule has 0 unspecified atom stereocenters. The van der Waals surface area contributed by atoms with Crippen LogP contribution in [0, 0.1) is 0 Å². The lowest BCUT2D eigenvalue weighted by atomic mass is 10.0. The van der Waals surface area contributed by atoms with Crippen LogP contribution in [0.5, 0.6) is 0 Å². The number of hydrogen-bond acceptors (Lipinski definition) is 6. The van der Waals surface area contributed by atoms with Crippen molar-refractivity contribution in [2.45, 2.75) is 0 Å². The summed E-state index contributed by atoms with van der Waals surface area (Å²) in [7, 11) is 0. The minimum Gasteiger partial charge on any atom is -0.456 e. The third-order valence-corrected chi connectivity index (χ3v) is 12.1. The fourth-order valence-corrected chi connectivity index (χ4v) is 9.66. The number of nitrogens with zero attached hydrogens (tertiary/aromatic N) is 3. The van der Waals surface area contributed by atoms with Crippen LogP contribution in [-0.2, 0) is 0 Å². The standard InChI is InChI=1S/C45H25N3OS2/c1-2-9-26(10-3-1)43-46-44(48-45(47-43)29-19-22-35-33-11-4-6-15-39(33)50-41(35)25-29)28-18-21-32-31-20-17-27(23-37(31)49-38(32)24-28)30-13-8-14-36-34-12-5-7-16-40(34)51-42(30)36/h1-25H. The summed E-state index contributed by atoms with van der Waals surface area (Å²) in [5.74, 6) is 1.88. The van der Waals surface area contributed by atoms with Crippen molar-refractivity contribution < 1.29 is 4.42 Å². The maximum Gasteiger partial charge on any atom is 0.164 e. The van der Waals surface area contributed by atoms with Crippen molar-refractivity contribution in [2.75, 3.05) is 0 Å². The van der Waals surface area contributed by atoms with Crippen LogP contribution < -0.4 is 0 Å². The Hall–Kier alpha value is -6.21. The molecule has 238 valence electrons. The summed E-state index contributed by atoms with van der Waals surface area (Å²) in [6.07, 6.45) is 0. The Kier molecular flexibility index (Phi) is 6.26. The number of rotatable bonds is 4. The number of benzene rings is 7. The highest BCUT2D eigenvalue weighted by Crippen LogP contribution is 2.42. The van der Waals surface area contributed by atoms with E-state index in [-0.39, 0.29) is 0 Å². The summed E-state index contributed by atoms with van der Waals surface area (Å²) in [6.45, 7) is 0. The van der Waals surface area contributed by atoms with Crippen molar-refractivity contribution in [3.63, 3.8) is 0 Å². The lowest BCUT2D eigenvalue weighted by Gasteiger charge is -2.08. The Labute approximate surface area is 299 Å². The molecule has 0 N–H and O–H groups in total. The van der Waals surface area contributed by atoms with Gasteiger partial charge < -0.3 is 4.42 Å². The summed E-state index contributed by atoms with van der Waals surface area (Å²) in [5.41, 5.74) is 6.80. The fraction of sp³-hybridized carbons (Fsp3) is 0. The molecule has 0 aliphatic rings. The summed E-state index contributed by atoms with van der Waals surface area (Å²) < 4.78 is 11.7. The van der Waals surface area contributed by atoms with Gasteiger partial charge in [-0.2, -0.15) is 0 Å². The number of fused-ring (bicyclic) bond motifs is 9. The molecule has 0 amide bonds. The van der Waals surface area contributed by atoms with Crippen LogP contribution >= 0.6 is 22.7 Å². The van der Waals surface area contributed by atoms with Crippen LogP contribution in [0.2, 0.25) is 0 Å². The third kappa shape index (κ3) is 4.61. The first-order chi connectivity index (χ1) is 25.2. The minimum atomic E-state index is 0.606.